The average molecular weight is 434 g/mol. The Labute approximate surface area is 166 Å². The molecule has 15 heteroatoms. The van der Waals surface area contributed by atoms with E-state index in [2.05, 4.69) is 12.6 Å². The van der Waals surface area contributed by atoms with Gasteiger partial charge in [0.1, 0.15) is 24.2 Å². The van der Waals surface area contributed by atoms with E-state index in [1.54, 1.807) is 0 Å². The first-order chi connectivity index (χ1) is 12.6. The van der Waals surface area contributed by atoms with E-state index in [0.717, 1.165) is 0 Å². The normalized spacial score (nSPS) is 14.6. The molecule has 5 atom stereocenters. The molecule has 0 saturated heterocycles. The summed E-state index contributed by atoms with van der Waals surface area (Å²) in [6, 6.07) is -3.83. The van der Waals surface area contributed by atoms with Gasteiger partial charge in [-0.25, -0.2) is 0 Å². The monoisotopic (exact) mass is 434 g/mol. The minimum Gasteiger partial charge on any atom is -0.480 e. The molecule has 0 aromatic rings. The summed E-state index contributed by atoms with van der Waals surface area (Å²) < 4.78 is 0. The van der Waals surface area contributed by atoms with Gasteiger partial charge in [0.05, 0.1) is 12.7 Å². The van der Waals surface area contributed by atoms with E-state index in [-0.39, 0.29) is 5.75 Å². The van der Waals surface area contributed by atoms with Gasteiger partial charge in [-0.1, -0.05) is 0 Å². The number of hydrogen-bond donors (Lipinski definition) is 11. The highest BCUT2D eigenvalue weighted by Gasteiger charge is 2.16. The van der Waals surface area contributed by atoms with E-state index < -0.39 is 60.8 Å². The van der Waals surface area contributed by atoms with Crippen LogP contribution in [0.4, 0.5) is 0 Å². The van der Waals surface area contributed by atoms with Gasteiger partial charge in [0.15, 0.2) is 0 Å². The van der Waals surface area contributed by atoms with Gasteiger partial charge in [-0.05, 0) is 13.8 Å². The quantitative estimate of drug-likeness (QED) is 0.170. The predicted octanol–water partition coefficient (Wildman–Crippen LogP) is -4.08. The third kappa shape index (κ3) is 26.2. The molecule has 0 aromatic carbocycles. The third-order valence-corrected chi connectivity index (χ3v) is 2.62. The van der Waals surface area contributed by atoms with E-state index in [1.807, 2.05) is 0 Å². The van der Waals surface area contributed by atoms with Crippen LogP contribution in [0.1, 0.15) is 13.8 Å². The van der Waals surface area contributed by atoms with Crippen molar-refractivity contribution >= 4 is 36.5 Å². The van der Waals surface area contributed by atoms with Crippen molar-refractivity contribution < 1.29 is 49.8 Å². The Morgan fingerprint density at radius 3 is 1.11 bits per heavy atom. The van der Waals surface area contributed by atoms with Crippen LogP contribution in [0.15, 0.2) is 0 Å². The topological polar surface area (TPSA) is 294 Å². The lowest BCUT2D eigenvalue weighted by atomic mass is 10.2. The summed E-state index contributed by atoms with van der Waals surface area (Å²) in [5.41, 5.74) is 19.5. The molecule has 0 saturated carbocycles. The molecule has 0 amide bonds. The zero-order valence-corrected chi connectivity index (χ0v) is 16.3. The summed E-state index contributed by atoms with van der Waals surface area (Å²) in [6.45, 7) is 2.25. The summed E-state index contributed by atoms with van der Waals surface area (Å²) in [5.74, 6) is -4.14. The highest BCUT2D eigenvalue weighted by Crippen LogP contribution is 1.85. The molecule has 14 N–H and O–H groups in total. The fourth-order valence-electron chi connectivity index (χ4n) is 0.363. The minimum atomic E-state index is -1.18. The molecule has 0 bridgehead atoms. The van der Waals surface area contributed by atoms with Gasteiger partial charge in [0.25, 0.3) is 0 Å². The zero-order valence-electron chi connectivity index (χ0n) is 15.4. The first-order valence-corrected chi connectivity index (χ1v) is 8.03. The number of carboxylic acid groups (broad SMARTS) is 4. The van der Waals surface area contributed by atoms with Crippen LogP contribution in [0.2, 0.25) is 0 Å². The first kappa shape index (κ1) is 33.6. The number of aliphatic carboxylic acids is 4. The summed E-state index contributed by atoms with van der Waals surface area (Å²) >= 11 is 3.65. The highest BCUT2D eigenvalue weighted by atomic mass is 32.1. The first-order valence-electron chi connectivity index (χ1n) is 7.39. The Bertz CT molecular complexity index is 445. The largest absolute Gasteiger partial charge is 0.480 e. The maximum atomic E-state index is 9.86. The molecule has 0 aliphatic carbocycles. The van der Waals surface area contributed by atoms with Crippen molar-refractivity contribution in [2.24, 2.45) is 22.9 Å². The lowest BCUT2D eigenvalue weighted by molar-refractivity contribution is -0.141. The van der Waals surface area contributed by atoms with E-state index in [9.17, 15) is 19.2 Å². The predicted molar refractivity (Wildman–Crippen MR) is 101 cm³/mol. The molecular formula is C13H30N4O10S. The Balaban J connectivity index is -0.000000138. The van der Waals surface area contributed by atoms with Crippen LogP contribution in [-0.2, 0) is 19.2 Å². The molecule has 0 radical (unpaired) electrons. The molecule has 5 unspecified atom stereocenters. The maximum Gasteiger partial charge on any atom is 0.323 e. The van der Waals surface area contributed by atoms with Crippen molar-refractivity contribution in [3.8, 4) is 0 Å². The Hall–Kier alpha value is -2.01. The van der Waals surface area contributed by atoms with Crippen LogP contribution >= 0.6 is 12.6 Å². The van der Waals surface area contributed by atoms with E-state index >= 15 is 0 Å². The number of carbonyl (C=O) groups is 4. The van der Waals surface area contributed by atoms with Crippen molar-refractivity contribution in [3.63, 3.8) is 0 Å². The summed E-state index contributed by atoms with van der Waals surface area (Å²) in [7, 11) is 0. The van der Waals surface area contributed by atoms with Crippen LogP contribution < -0.4 is 22.9 Å². The number of carboxylic acids is 4. The molecule has 0 aliphatic heterocycles. The number of rotatable bonds is 7. The van der Waals surface area contributed by atoms with Crippen LogP contribution in [0.3, 0.4) is 0 Å². The van der Waals surface area contributed by atoms with Crippen LogP contribution in [0.5, 0.6) is 0 Å². The average Bonchev–Trinajstić information content (AvgIpc) is 2.60. The molecule has 0 aromatic heterocycles. The second-order valence-electron chi connectivity index (χ2n) is 4.99. The van der Waals surface area contributed by atoms with Crippen molar-refractivity contribution in [2.45, 2.75) is 44.1 Å². The van der Waals surface area contributed by atoms with Gasteiger partial charge in [-0.3, -0.25) is 19.2 Å². The van der Waals surface area contributed by atoms with Gasteiger partial charge in [-0.15, -0.1) is 0 Å². The van der Waals surface area contributed by atoms with Crippen molar-refractivity contribution in [1.29, 1.82) is 0 Å². The molecule has 0 rings (SSSR count). The molecular weight excluding hydrogens is 404 g/mol. The van der Waals surface area contributed by atoms with Crippen LogP contribution in [-0.4, -0.2) is 97.1 Å². The zero-order chi connectivity index (χ0) is 23.6. The number of thiol groups is 1. The number of aliphatic hydroxyl groups excluding tert-OH is 2. The van der Waals surface area contributed by atoms with E-state index in [0.29, 0.717) is 0 Å². The van der Waals surface area contributed by atoms with Crippen molar-refractivity contribution in [3.05, 3.63) is 0 Å². The van der Waals surface area contributed by atoms with Gasteiger partial charge < -0.3 is 53.6 Å². The van der Waals surface area contributed by atoms with Crippen LogP contribution in [0, 0.1) is 0 Å². The molecule has 0 aliphatic rings. The van der Waals surface area contributed by atoms with Gasteiger partial charge in [0.2, 0.25) is 0 Å². The van der Waals surface area contributed by atoms with Gasteiger partial charge >= 0.3 is 23.9 Å². The second-order valence-corrected chi connectivity index (χ2v) is 5.35. The van der Waals surface area contributed by atoms with Gasteiger partial charge in [0, 0.05) is 5.75 Å². The molecule has 28 heavy (non-hydrogen) atoms. The van der Waals surface area contributed by atoms with E-state index in [4.69, 9.17) is 53.6 Å². The summed E-state index contributed by atoms with van der Waals surface area (Å²) in [6.07, 6.45) is -0.979. The fraction of sp³-hybridized carbons (Fsp3) is 0.692. The standard InChI is InChI=1S/C4H9NO3.C3H7NO3.C3H7NO2S.C3H7NO2/c1-2(6)3(5)4(7)8;4-2(1-5)3(6)7;4-2(1-7)3(5)6;1-2(4)3(5)6/h2-3,6H,5H2,1H3,(H,7,8);2,5H,1,4H2,(H,6,7);2,7H,1,4H2,(H,5,6);2H,4H2,1H3,(H,5,6). The summed E-state index contributed by atoms with van der Waals surface area (Å²) in [4.78, 5) is 38.8. The maximum absolute atomic E-state index is 9.86. The highest BCUT2D eigenvalue weighted by molar-refractivity contribution is 7.80. The van der Waals surface area contributed by atoms with Crippen molar-refractivity contribution in [1.82, 2.24) is 0 Å². The van der Waals surface area contributed by atoms with Gasteiger partial charge in [-0.2, -0.15) is 12.6 Å². The lowest BCUT2D eigenvalue weighted by Crippen LogP contribution is -2.39. The number of aliphatic hydroxyl groups is 2. The molecule has 0 heterocycles. The lowest BCUT2D eigenvalue weighted by Gasteiger charge is -2.06. The number of hydrogen-bond acceptors (Lipinski definition) is 11. The summed E-state index contributed by atoms with van der Waals surface area (Å²) in [5, 5.41) is 48.3. The molecule has 168 valence electrons. The Morgan fingerprint density at radius 2 is 1.11 bits per heavy atom. The second kappa shape index (κ2) is 19.7. The Kier molecular flexibility index (Phi) is 23.7. The fourth-order valence-corrected chi connectivity index (χ4v) is 0.519. The third-order valence-electron chi connectivity index (χ3n) is 2.22. The Morgan fingerprint density at radius 1 is 0.786 bits per heavy atom. The SMILES string of the molecule is CC(N)C(=O)O.CC(O)C(N)C(=O)O.NC(CO)C(=O)O.NC(CS)C(=O)O. The molecule has 0 spiro atoms. The number of nitrogens with two attached hydrogens (primary N) is 4. The van der Waals surface area contributed by atoms with E-state index in [1.165, 1.54) is 13.8 Å². The molecule has 14 nitrogen and oxygen atoms in total. The minimum absolute atomic E-state index is 0.190. The van der Waals surface area contributed by atoms with Crippen molar-refractivity contribution in [2.75, 3.05) is 12.4 Å². The smallest absolute Gasteiger partial charge is 0.323 e. The van der Waals surface area contributed by atoms with Crippen LogP contribution in [0.25, 0.3) is 0 Å². The molecule has 0 fully saturated rings.